The number of carbonyl (C=O) groups is 1. The van der Waals surface area contributed by atoms with Crippen LogP contribution in [-0.4, -0.2) is 20.9 Å². The number of fused-ring (bicyclic) bond motifs is 1. The quantitative estimate of drug-likeness (QED) is 0.545. The lowest BCUT2D eigenvalue weighted by molar-refractivity contribution is -0.116. The minimum absolute atomic E-state index is 0.0504. The SMILES string of the molecule is Cc1nc(NC(=O)CCc2nc3ccccc3s2)sc1-c1ccccn1. The molecule has 1 amide bonds. The molecule has 0 aliphatic heterocycles. The molecule has 0 spiro atoms. The Morgan fingerprint density at radius 2 is 1.92 bits per heavy atom. The van der Waals surface area contributed by atoms with Gasteiger partial charge in [0.25, 0.3) is 0 Å². The van der Waals surface area contributed by atoms with Gasteiger partial charge < -0.3 is 5.32 Å². The van der Waals surface area contributed by atoms with E-state index in [9.17, 15) is 4.79 Å². The van der Waals surface area contributed by atoms with E-state index < -0.39 is 0 Å². The second-order valence-corrected chi connectivity index (χ2v) is 7.89. The van der Waals surface area contributed by atoms with E-state index in [1.807, 2.05) is 49.4 Å². The topological polar surface area (TPSA) is 67.8 Å². The van der Waals surface area contributed by atoms with Gasteiger partial charge in [0, 0.05) is 19.0 Å². The van der Waals surface area contributed by atoms with Crippen LogP contribution in [0.1, 0.15) is 17.1 Å². The van der Waals surface area contributed by atoms with Gasteiger partial charge in [0.1, 0.15) is 0 Å². The average molecular weight is 380 g/mol. The number of rotatable bonds is 5. The Balaban J connectivity index is 1.40. The predicted octanol–water partition coefficient (Wildman–Crippen LogP) is 4.69. The number of aryl methyl sites for hydroxylation is 2. The van der Waals surface area contributed by atoms with Gasteiger partial charge in [0.05, 0.1) is 31.5 Å². The number of carbonyl (C=O) groups excluding carboxylic acids is 1. The molecule has 7 heteroatoms. The first-order valence-electron chi connectivity index (χ1n) is 8.22. The summed E-state index contributed by atoms with van der Waals surface area (Å²) in [6.45, 7) is 1.93. The van der Waals surface area contributed by atoms with Crippen LogP contribution in [-0.2, 0) is 11.2 Å². The number of benzene rings is 1. The van der Waals surface area contributed by atoms with Gasteiger partial charge in [-0.3, -0.25) is 9.78 Å². The van der Waals surface area contributed by atoms with Crippen LogP contribution in [0.25, 0.3) is 20.8 Å². The summed E-state index contributed by atoms with van der Waals surface area (Å²) >= 11 is 3.08. The van der Waals surface area contributed by atoms with Crippen molar-refractivity contribution in [3.8, 4) is 10.6 Å². The highest BCUT2D eigenvalue weighted by atomic mass is 32.1. The Hall–Kier alpha value is -2.64. The van der Waals surface area contributed by atoms with Crippen molar-refractivity contribution in [3.05, 3.63) is 59.4 Å². The monoisotopic (exact) mass is 380 g/mol. The number of thiazole rings is 2. The minimum atomic E-state index is -0.0504. The van der Waals surface area contributed by atoms with E-state index in [2.05, 4.69) is 20.3 Å². The van der Waals surface area contributed by atoms with Crippen LogP contribution in [0.3, 0.4) is 0 Å². The third-order valence-electron chi connectivity index (χ3n) is 3.84. The van der Waals surface area contributed by atoms with Gasteiger partial charge >= 0.3 is 0 Å². The summed E-state index contributed by atoms with van der Waals surface area (Å²) in [6.07, 6.45) is 2.77. The van der Waals surface area contributed by atoms with Crippen molar-refractivity contribution < 1.29 is 4.79 Å². The number of nitrogens with one attached hydrogen (secondary N) is 1. The molecule has 0 saturated carbocycles. The Morgan fingerprint density at radius 1 is 1.08 bits per heavy atom. The molecule has 0 aliphatic rings. The van der Waals surface area contributed by atoms with Gasteiger partial charge in [-0.2, -0.15) is 0 Å². The predicted molar refractivity (Wildman–Crippen MR) is 107 cm³/mol. The maximum Gasteiger partial charge on any atom is 0.226 e. The zero-order valence-corrected chi connectivity index (χ0v) is 15.7. The van der Waals surface area contributed by atoms with Crippen LogP contribution in [0.15, 0.2) is 48.7 Å². The molecule has 0 unspecified atom stereocenters. The number of hydrogen-bond acceptors (Lipinski definition) is 6. The molecular formula is C19H16N4OS2. The Kier molecular flexibility index (Phi) is 4.73. The first-order valence-corrected chi connectivity index (χ1v) is 9.85. The van der Waals surface area contributed by atoms with Crippen LogP contribution in [0.2, 0.25) is 0 Å². The normalized spacial score (nSPS) is 11.0. The van der Waals surface area contributed by atoms with Crippen molar-refractivity contribution in [2.75, 3.05) is 5.32 Å². The molecule has 26 heavy (non-hydrogen) atoms. The number of aromatic nitrogens is 3. The van der Waals surface area contributed by atoms with Crippen LogP contribution < -0.4 is 5.32 Å². The van der Waals surface area contributed by atoms with Crippen molar-refractivity contribution in [2.24, 2.45) is 0 Å². The molecule has 1 aromatic carbocycles. The van der Waals surface area contributed by atoms with E-state index in [-0.39, 0.29) is 5.91 Å². The fourth-order valence-electron chi connectivity index (χ4n) is 2.61. The van der Waals surface area contributed by atoms with Gasteiger partial charge in [-0.25, -0.2) is 9.97 Å². The molecule has 0 saturated heterocycles. The Bertz CT molecular complexity index is 1020. The summed E-state index contributed by atoms with van der Waals surface area (Å²) in [7, 11) is 0. The molecule has 5 nitrogen and oxygen atoms in total. The van der Waals surface area contributed by atoms with Crippen LogP contribution in [0.4, 0.5) is 5.13 Å². The van der Waals surface area contributed by atoms with Crippen molar-refractivity contribution in [1.29, 1.82) is 0 Å². The maximum absolute atomic E-state index is 12.3. The highest BCUT2D eigenvalue weighted by molar-refractivity contribution is 7.19. The summed E-state index contributed by atoms with van der Waals surface area (Å²) in [5, 5.41) is 4.48. The molecule has 4 rings (SSSR count). The summed E-state index contributed by atoms with van der Waals surface area (Å²) < 4.78 is 1.15. The number of para-hydroxylation sites is 1. The lowest BCUT2D eigenvalue weighted by atomic mass is 10.3. The number of nitrogens with zero attached hydrogens (tertiary/aromatic N) is 3. The molecule has 4 aromatic rings. The van der Waals surface area contributed by atoms with Gasteiger partial charge in [-0.05, 0) is 31.2 Å². The van der Waals surface area contributed by atoms with E-state index in [0.717, 1.165) is 31.5 Å². The molecule has 0 bridgehead atoms. The second kappa shape index (κ2) is 7.31. The van der Waals surface area contributed by atoms with Crippen molar-refractivity contribution >= 4 is 43.9 Å². The zero-order chi connectivity index (χ0) is 17.9. The molecule has 3 heterocycles. The van der Waals surface area contributed by atoms with E-state index in [4.69, 9.17) is 0 Å². The first kappa shape index (κ1) is 16.8. The van der Waals surface area contributed by atoms with Crippen molar-refractivity contribution in [3.63, 3.8) is 0 Å². The standard InChI is InChI=1S/C19H16N4OS2/c1-12-18(14-7-4-5-11-20-14)26-19(21-12)23-16(24)9-10-17-22-13-6-2-3-8-15(13)25-17/h2-8,11H,9-10H2,1H3,(H,21,23,24). The molecular weight excluding hydrogens is 364 g/mol. The zero-order valence-electron chi connectivity index (χ0n) is 14.1. The average Bonchev–Trinajstić information content (AvgIpc) is 3.23. The highest BCUT2D eigenvalue weighted by Crippen LogP contribution is 2.31. The second-order valence-electron chi connectivity index (χ2n) is 5.77. The van der Waals surface area contributed by atoms with E-state index in [1.165, 1.54) is 11.3 Å². The van der Waals surface area contributed by atoms with Crippen molar-refractivity contribution in [1.82, 2.24) is 15.0 Å². The molecule has 130 valence electrons. The van der Waals surface area contributed by atoms with E-state index in [0.29, 0.717) is 18.0 Å². The third kappa shape index (κ3) is 3.63. The van der Waals surface area contributed by atoms with Gasteiger partial charge in [0.15, 0.2) is 5.13 Å². The fourth-order valence-corrected chi connectivity index (χ4v) is 4.54. The minimum Gasteiger partial charge on any atom is -0.302 e. The summed E-state index contributed by atoms with van der Waals surface area (Å²) in [6, 6.07) is 13.8. The lowest BCUT2D eigenvalue weighted by Gasteiger charge is -1.99. The summed E-state index contributed by atoms with van der Waals surface area (Å²) in [5.41, 5.74) is 2.73. The van der Waals surface area contributed by atoms with Gasteiger partial charge in [0.2, 0.25) is 5.91 Å². The molecule has 0 aliphatic carbocycles. The maximum atomic E-state index is 12.3. The van der Waals surface area contributed by atoms with Crippen LogP contribution >= 0.6 is 22.7 Å². The number of amides is 1. The highest BCUT2D eigenvalue weighted by Gasteiger charge is 2.13. The fraction of sp³-hybridized carbons (Fsp3) is 0.158. The Labute approximate surface area is 158 Å². The number of hydrogen-bond donors (Lipinski definition) is 1. The molecule has 0 atom stereocenters. The smallest absolute Gasteiger partial charge is 0.226 e. The van der Waals surface area contributed by atoms with Gasteiger partial charge in [-0.1, -0.05) is 29.5 Å². The summed E-state index contributed by atoms with van der Waals surface area (Å²) in [4.78, 5) is 26.6. The van der Waals surface area contributed by atoms with Gasteiger partial charge in [-0.15, -0.1) is 11.3 Å². The number of pyridine rings is 1. The van der Waals surface area contributed by atoms with E-state index >= 15 is 0 Å². The third-order valence-corrected chi connectivity index (χ3v) is 6.04. The van der Waals surface area contributed by atoms with E-state index in [1.54, 1.807) is 17.5 Å². The number of anilines is 1. The Morgan fingerprint density at radius 3 is 2.73 bits per heavy atom. The molecule has 1 N–H and O–H groups in total. The van der Waals surface area contributed by atoms with Crippen molar-refractivity contribution in [2.45, 2.75) is 19.8 Å². The molecule has 0 fully saturated rings. The summed E-state index contributed by atoms with van der Waals surface area (Å²) in [5.74, 6) is -0.0504. The van der Waals surface area contributed by atoms with Crippen LogP contribution in [0, 0.1) is 6.92 Å². The molecule has 0 radical (unpaired) electrons. The largest absolute Gasteiger partial charge is 0.302 e. The molecule has 3 aromatic heterocycles. The van der Waals surface area contributed by atoms with Crippen LogP contribution in [0.5, 0.6) is 0 Å². The lowest BCUT2D eigenvalue weighted by Crippen LogP contribution is -2.12. The first-order chi connectivity index (χ1) is 12.7.